The number of fused-ring (bicyclic) bond motifs is 2. The van der Waals surface area contributed by atoms with Crippen molar-refractivity contribution in [1.29, 1.82) is 0 Å². The lowest BCUT2D eigenvalue weighted by Gasteiger charge is -2.40. The minimum atomic E-state index is -0.167. The third-order valence-corrected chi connectivity index (χ3v) is 7.58. The lowest BCUT2D eigenvalue weighted by molar-refractivity contribution is 0.0889. The highest BCUT2D eigenvalue weighted by atomic mass is 32.2. The summed E-state index contributed by atoms with van der Waals surface area (Å²) in [6, 6.07) is 15.5. The number of amides is 1. The van der Waals surface area contributed by atoms with Crippen LogP contribution >= 0.6 is 11.8 Å². The maximum atomic E-state index is 11.6. The number of piperazine rings is 1. The van der Waals surface area contributed by atoms with Gasteiger partial charge < -0.3 is 15.4 Å². The fourth-order valence-corrected chi connectivity index (χ4v) is 5.77. The molecule has 3 heterocycles. The predicted molar refractivity (Wildman–Crippen MR) is 119 cm³/mol. The molecule has 0 radical (unpaired) electrons. The van der Waals surface area contributed by atoms with Crippen LogP contribution in [0.5, 0.6) is 0 Å². The van der Waals surface area contributed by atoms with Gasteiger partial charge in [0.05, 0.1) is 6.54 Å². The first-order chi connectivity index (χ1) is 14.7. The molecule has 0 saturated carbocycles. The number of hydrogen-bond acceptors (Lipinski definition) is 6. The van der Waals surface area contributed by atoms with Crippen LogP contribution in [0.3, 0.4) is 0 Å². The molecule has 2 N–H and O–H groups in total. The molecule has 0 aromatic heterocycles. The van der Waals surface area contributed by atoms with E-state index in [1.165, 1.54) is 20.9 Å². The number of cyclic esters (lactones) is 1. The zero-order valence-corrected chi connectivity index (χ0v) is 17.9. The molecule has 0 aliphatic carbocycles. The van der Waals surface area contributed by atoms with Crippen LogP contribution < -0.4 is 5.73 Å². The summed E-state index contributed by atoms with van der Waals surface area (Å²) in [5, 5.41) is 0. The molecule has 0 bridgehead atoms. The summed E-state index contributed by atoms with van der Waals surface area (Å²) in [4.78, 5) is 21.2. The van der Waals surface area contributed by atoms with Gasteiger partial charge in [0.15, 0.2) is 0 Å². The number of nitrogen functional groups attached to an aromatic ring is 1. The Morgan fingerprint density at radius 3 is 2.63 bits per heavy atom. The molecule has 3 aliphatic rings. The summed E-state index contributed by atoms with van der Waals surface area (Å²) in [5.74, 6) is 0. The standard InChI is InChI=1S/C23H28N4O2S/c24-18-5-6-21-17(15-18)16-20(19-3-1-2-4-22(19)30-21)26-10-7-25(8-11-26)9-12-27-13-14-29-23(27)28/h1-6,15,20H,7-14,16,24H2. The number of nitrogens with two attached hydrogens (primary N) is 1. The van der Waals surface area contributed by atoms with E-state index < -0.39 is 0 Å². The van der Waals surface area contributed by atoms with Gasteiger partial charge in [-0.3, -0.25) is 9.80 Å². The molecule has 30 heavy (non-hydrogen) atoms. The van der Waals surface area contributed by atoms with Crippen molar-refractivity contribution in [1.82, 2.24) is 14.7 Å². The SMILES string of the molecule is Nc1ccc2c(c1)CC(N1CCN(CCN3CCOC3=O)CC1)c1ccccc1S2. The van der Waals surface area contributed by atoms with Gasteiger partial charge in [-0.15, -0.1) is 0 Å². The number of nitrogens with zero attached hydrogens (tertiary/aromatic N) is 3. The number of hydrogen-bond donors (Lipinski definition) is 1. The Balaban J connectivity index is 1.28. The van der Waals surface area contributed by atoms with E-state index in [1.807, 2.05) is 22.7 Å². The predicted octanol–water partition coefficient (Wildman–Crippen LogP) is 3.09. The molecule has 1 atom stereocenters. The first kappa shape index (κ1) is 19.7. The lowest BCUT2D eigenvalue weighted by Crippen LogP contribution is -2.49. The van der Waals surface area contributed by atoms with Crippen molar-refractivity contribution in [2.45, 2.75) is 22.3 Å². The van der Waals surface area contributed by atoms with Gasteiger partial charge in [-0.25, -0.2) is 4.79 Å². The van der Waals surface area contributed by atoms with Crippen LogP contribution in [-0.4, -0.2) is 73.2 Å². The molecule has 2 fully saturated rings. The van der Waals surface area contributed by atoms with Gasteiger partial charge in [-0.05, 0) is 41.8 Å². The minimum Gasteiger partial charge on any atom is -0.448 e. The van der Waals surface area contributed by atoms with E-state index >= 15 is 0 Å². The molecule has 2 saturated heterocycles. The third-order valence-electron chi connectivity index (χ3n) is 6.37. The summed E-state index contributed by atoms with van der Waals surface area (Å²) in [7, 11) is 0. The monoisotopic (exact) mass is 424 g/mol. The normalized spacial score (nSPS) is 22.3. The smallest absolute Gasteiger partial charge is 0.409 e. The number of carbonyl (C=O) groups is 1. The van der Waals surface area contributed by atoms with Gasteiger partial charge in [-0.1, -0.05) is 30.0 Å². The first-order valence-corrected chi connectivity index (χ1v) is 11.5. The molecule has 1 unspecified atom stereocenters. The summed E-state index contributed by atoms with van der Waals surface area (Å²) < 4.78 is 5.03. The fraction of sp³-hybridized carbons (Fsp3) is 0.435. The minimum absolute atomic E-state index is 0.167. The van der Waals surface area contributed by atoms with Crippen molar-refractivity contribution in [3.05, 3.63) is 53.6 Å². The van der Waals surface area contributed by atoms with Crippen LogP contribution in [0.1, 0.15) is 17.2 Å². The van der Waals surface area contributed by atoms with Gasteiger partial charge in [-0.2, -0.15) is 0 Å². The highest BCUT2D eigenvalue weighted by Crippen LogP contribution is 2.43. The van der Waals surface area contributed by atoms with Crippen LogP contribution in [0, 0.1) is 0 Å². The number of ether oxygens (including phenoxy) is 1. The average molecular weight is 425 g/mol. The number of anilines is 1. The Bertz CT molecular complexity index is 929. The molecule has 2 aromatic rings. The molecular formula is C23H28N4O2S. The van der Waals surface area contributed by atoms with Crippen molar-refractivity contribution in [2.24, 2.45) is 0 Å². The van der Waals surface area contributed by atoms with Crippen molar-refractivity contribution < 1.29 is 9.53 Å². The average Bonchev–Trinajstić information content (AvgIpc) is 3.10. The lowest BCUT2D eigenvalue weighted by atomic mass is 9.96. The topological polar surface area (TPSA) is 62.0 Å². The van der Waals surface area contributed by atoms with Crippen molar-refractivity contribution in [3.63, 3.8) is 0 Å². The molecule has 7 heteroatoms. The fourth-order valence-electron chi connectivity index (χ4n) is 4.66. The summed E-state index contributed by atoms with van der Waals surface area (Å²) in [5.41, 5.74) is 9.71. The van der Waals surface area contributed by atoms with Gasteiger partial charge in [0.2, 0.25) is 0 Å². The molecule has 3 aliphatic heterocycles. The maximum Gasteiger partial charge on any atom is 0.409 e. The zero-order chi connectivity index (χ0) is 20.5. The largest absolute Gasteiger partial charge is 0.448 e. The molecule has 158 valence electrons. The maximum absolute atomic E-state index is 11.6. The Morgan fingerprint density at radius 1 is 1.00 bits per heavy atom. The second-order valence-corrected chi connectivity index (χ2v) is 9.29. The van der Waals surface area contributed by atoms with Crippen molar-refractivity contribution >= 4 is 23.5 Å². The second-order valence-electron chi connectivity index (χ2n) is 8.21. The van der Waals surface area contributed by atoms with Gasteiger partial charge in [0.25, 0.3) is 0 Å². The molecule has 6 nitrogen and oxygen atoms in total. The Labute approximate surface area is 182 Å². The van der Waals surface area contributed by atoms with Crippen LogP contribution in [-0.2, 0) is 11.2 Å². The molecule has 5 rings (SSSR count). The van der Waals surface area contributed by atoms with E-state index in [4.69, 9.17) is 10.5 Å². The highest BCUT2D eigenvalue weighted by molar-refractivity contribution is 7.99. The van der Waals surface area contributed by atoms with Crippen LogP contribution in [0.25, 0.3) is 0 Å². The van der Waals surface area contributed by atoms with Crippen molar-refractivity contribution in [2.75, 3.05) is 58.2 Å². The molecular weight excluding hydrogens is 396 g/mol. The van der Waals surface area contributed by atoms with E-state index in [1.54, 1.807) is 0 Å². The van der Waals surface area contributed by atoms with E-state index in [-0.39, 0.29) is 6.09 Å². The Hall–Kier alpha value is -2.22. The van der Waals surface area contributed by atoms with Gasteiger partial charge in [0.1, 0.15) is 6.61 Å². The molecule has 1 amide bonds. The summed E-state index contributed by atoms with van der Waals surface area (Å²) in [6.45, 7) is 7.04. The van der Waals surface area contributed by atoms with E-state index in [9.17, 15) is 4.79 Å². The Kier molecular flexibility index (Phi) is 5.58. The summed E-state index contributed by atoms with van der Waals surface area (Å²) in [6.07, 6.45) is 0.823. The second kappa shape index (κ2) is 8.49. The highest BCUT2D eigenvalue weighted by Gasteiger charge is 2.30. The van der Waals surface area contributed by atoms with Gasteiger partial charge in [0, 0.05) is 60.8 Å². The van der Waals surface area contributed by atoms with E-state index in [0.29, 0.717) is 12.6 Å². The first-order valence-electron chi connectivity index (χ1n) is 10.7. The number of rotatable bonds is 4. The van der Waals surface area contributed by atoms with Crippen LogP contribution in [0.2, 0.25) is 0 Å². The van der Waals surface area contributed by atoms with E-state index in [2.05, 4.69) is 46.2 Å². The van der Waals surface area contributed by atoms with Crippen LogP contribution in [0.15, 0.2) is 52.3 Å². The quantitative estimate of drug-likeness (QED) is 0.761. The number of carbonyl (C=O) groups excluding carboxylic acids is 1. The molecule has 0 spiro atoms. The summed E-state index contributed by atoms with van der Waals surface area (Å²) >= 11 is 1.86. The Morgan fingerprint density at radius 2 is 1.83 bits per heavy atom. The zero-order valence-electron chi connectivity index (χ0n) is 17.1. The van der Waals surface area contributed by atoms with Crippen LogP contribution in [0.4, 0.5) is 10.5 Å². The van der Waals surface area contributed by atoms with Gasteiger partial charge >= 0.3 is 6.09 Å². The van der Waals surface area contributed by atoms with E-state index in [0.717, 1.165) is 57.9 Å². The molecule has 2 aromatic carbocycles. The van der Waals surface area contributed by atoms with Crippen molar-refractivity contribution in [3.8, 4) is 0 Å². The number of benzene rings is 2. The third kappa shape index (κ3) is 4.02.